The Bertz CT molecular complexity index is 1820. The normalized spacial score (nSPS) is 17.3. The number of rotatable bonds is 4. The average molecular weight is 609 g/mol. The quantitative estimate of drug-likeness (QED) is 0.262. The summed E-state index contributed by atoms with van der Waals surface area (Å²) in [7, 11) is 0. The molecule has 0 radical (unpaired) electrons. The predicted octanol–water partition coefficient (Wildman–Crippen LogP) is 6.08. The molecule has 1 aliphatic rings. The number of fused-ring (bicyclic) bond motifs is 4. The van der Waals surface area contributed by atoms with Gasteiger partial charge in [-0.2, -0.15) is 13.9 Å². The second kappa shape index (κ2) is 11.5. The van der Waals surface area contributed by atoms with Crippen molar-refractivity contribution in [2.75, 3.05) is 5.32 Å². The molecule has 1 aromatic carbocycles. The summed E-state index contributed by atoms with van der Waals surface area (Å²) < 4.78 is 33.8. The third-order valence-corrected chi connectivity index (χ3v) is 8.00. The summed E-state index contributed by atoms with van der Waals surface area (Å²) in [6.07, 6.45) is 5.73. The Hall–Kier alpha value is -4.36. The molecular weight excluding hydrogens is 586 g/mol. The summed E-state index contributed by atoms with van der Waals surface area (Å²) >= 11 is 7.50. The molecule has 5 heterocycles. The molecule has 0 saturated heterocycles. The van der Waals surface area contributed by atoms with Crippen LogP contribution in [0.3, 0.4) is 0 Å². The second-order valence-electron chi connectivity index (χ2n) is 9.94. The first-order valence-electron chi connectivity index (χ1n) is 13.1. The van der Waals surface area contributed by atoms with Crippen LogP contribution in [-0.2, 0) is 4.79 Å². The first-order valence-corrected chi connectivity index (χ1v) is 14.3. The van der Waals surface area contributed by atoms with Gasteiger partial charge in [0, 0.05) is 45.3 Å². The van der Waals surface area contributed by atoms with Gasteiger partial charge in [0.15, 0.2) is 0 Å². The van der Waals surface area contributed by atoms with Crippen molar-refractivity contribution < 1.29 is 13.6 Å². The van der Waals surface area contributed by atoms with Gasteiger partial charge in [0.1, 0.15) is 5.69 Å². The number of alkyl halides is 2. The van der Waals surface area contributed by atoms with E-state index in [9.17, 15) is 18.4 Å². The van der Waals surface area contributed by atoms with Crippen LogP contribution in [-0.4, -0.2) is 39.8 Å². The van der Waals surface area contributed by atoms with Gasteiger partial charge in [0.05, 0.1) is 41.3 Å². The van der Waals surface area contributed by atoms with Gasteiger partial charge in [-0.25, -0.2) is 9.67 Å². The number of carbonyl (C=O) groups is 1. The molecule has 0 spiro atoms. The van der Waals surface area contributed by atoms with Crippen molar-refractivity contribution in [2.24, 2.45) is 5.92 Å². The fourth-order valence-electron chi connectivity index (χ4n) is 5.13. The van der Waals surface area contributed by atoms with Gasteiger partial charge in [0.2, 0.25) is 5.91 Å². The van der Waals surface area contributed by atoms with Crippen LogP contribution in [0.25, 0.3) is 33.8 Å². The minimum Gasteiger partial charge on any atom is -0.323 e. The lowest BCUT2D eigenvalue weighted by Crippen LogP contribution is -2.27. The third-order valence-electron chi connectivity index (χ3n) is 7.26. The molecular formula is C28H23ClF2N8O2S. The monoisotopic (exact) mass is 608 g/mol. The van der Waals surface area contributed by atoms with Gasteiger partial charge in [0.25, 0.3) is 5.56 Å². The maximum Gasteiger partial charge on any atom is 0.333 e. The van der Waals surface area contributed by atoms with E-state index in [4.69, 9.17) is 11.6 Å². The van der Waals surface area contributed by atoms with E-state index in [1.807, 2.05) is 0 Å². The smallest absolute Gasteiger partial charge is 0.323 e. The van der Waals surface area contributed by atoms with Crippen LogP contribution in [0.4, 0.5) is 14.5 Å². The molecule has 2 atom stereocenters. The van der Waals surface area contributed by atoms with E-state index in [0.717, 1.165) is 5.56 Å². The maximum absolute atomic E-state index is 13.9. The zero-order valence-electron chi connectivity index (χ0n) is 22.1. The van der Waals surface area contributed by atoms with Gasteiger partial charge in [-0.1, -0.05) is 35.5 Å². The third kappa shape index (κ3) is 5.32. The Balaban J connectivity index is 1.45. The molecule has 6 rings (SSSR count). The van der Waals surface area contributed by atoms with Crippen LogP contribution in [0, 0.1) is 5.92 Å². The summed E-state index contributed by atoms with van der Waals surface area (Å²) in [5, 5.41) is 13.0. The fourth-order valence-corrected chi connectivity index (χ4v) is 5.75. The van der Waals surface area contributed by atoms with E-state index in [1.54, 1.807) is 42.6 Å². The van der Waals surface area contributed by atoms with Crippen molar-refractivity contribution in [3.05, 3.63) is 81.6 Å². The Morgan fingerprint density at radius 1 is 1.07 bits per heavy atom. The Morgan fingerprint density at radius 3 is 2.69 bits per heavy atom. The first-order chi connectivity index (χ1) is 20.3. The van der Waals surface area contributed by atoms with Crippen molar-refractivity contribution in [1.29, 1.82) is 0 Å². The van der Waals surface area contributed by atoms with Gasteiger partial charge in [-0.05, 0) is 48.6 Å². The highest BCUT2D eigenvalue weighted by Gasteiger charge is 2.26. The largest absolute Gasteiger partial charge is 0.333 e. The summed E-state index contributed by atoms with van der Waals surface area (Å²) in [6.45, 7) is -1.16. The molecule has 1 aliphatic heterocycles. The molecule has 0 fully saturated rings. The zero-order chi connectivity index (χ0) is 29.4. The molecule has 0 unspecified atom stereocenters. The van der Waals surface area contributed by atoms with E-state index in [-0.39, 0.29) is 22.8 Å². The first kappa shape index (κ1) is 27.8. The minimum atomic E-state index is -2.93. The predicted molar refractivity (Wildman–Crippen MR) is 154 cm³/mol. The van der Waals surface area contributed by atoms with E-state index in [0.29, 0.717) is 57.2 Å². The molecule has 214 valence electrons. The number of carbonyl (C=O) groups excluding carboxylic acids is 1. The lowest BCUT2D eigenvalue weighted by atomic mass is 9.97. The molecule has 5 aromatic rings. The minimum absolute atomic E-state index is 0.0550. The zero-order valence-corrected chi connectivity index (χ0v) is 23.7. The molecule has 0 aliphatic carbocycles. The van der Waals surface area contributed by atoms with Crippen LogP contribution in [0.1, 0.15) is 44.5 Å². The van der Waals surface area contributed by atoms with Gasteiger partial charge in [-0.3, -0.25) is 19.1 Å². The highest BCUT2D eigenvalue weighted by molar-refractivity contribution is 7.03. The number of benzene rings is 1. The topological polar surface area (TPSA) is 120 Å². The number of hydrogen-bond acceptors (Lipinski definition) is 8. The van der Waals surface area contributed by atoms with E-state index >= 15 is 0 Å². The van der Waals surface area contributed by atoms with Crippen LogP contribution >= 0.6 is 23.1 Å². The number of anilines is 1. The Morgan fingerprint density at radius 2 is 1.93 bits per heavy atom. The average Bonchev–Trinajstić information content (AvgIpc) is 3.66. The van der Waals surface area contributed by atoms with Crippen molar-refractivity contribution in [2.45, 2.75) is 38.8 Å². The van der Waals surface area contributed by atoms with Crippen LogP contribution in [0.15, 0.2) is 65.3 Å². The number of halogens is 3. The van der Waals surface area contributed by atoms with Crippen molar-refractivity contribution in [3.63, 3.8) is 0 Å². The molecule has 10 nitrogen and oxygen atoms in total. The van der Waals surface area contributed by atoms with Crippen molar-refractivity contribution in [1.82, 2.24) is 33.9 Å². The number of pyridine rings is 1. The number of aromatic nitrogens is 7. The molecule has 42 heavy (non-hydrogen) atoms. The van der Waals surface area contributed by atoms with E-state index in [2.05, 4.69) is 30.0 Å². The van der Waals surface area contributed by atoms with Crippen molar-refractivity contribution in [3.8, 4) is 33.8 Å². The fraction of sp³-hybridized carbons (Fsp3) is 0.250. The lowest BCUT2D eigenvalue weighted by molar-refractivity contribution is -0.119. The molecule has 1 N–H and O–H groups in total. The number of nitrogens with one attached hydrogen (secondary N) is 1. The van der Waals surface area contributed by atoms with Gasteiger partial charge < -0.3 is 5.32 Å². The Labute approximate surface area is 247 Å². The van der Waals surface area contributed by atoms with Gasteiger partial charge >= 0.3 is 6.55 Å². The van der Waals surface area contributed by atoms with Gasteiger partial charge in [-0.15, -0.1) is 5.10 Å². The standard InChI is InChI=1S/C28H23ClF2N8O2S/c1-15-3-2-4-24(21-9-16(7-8-32-21)26-22(35-27(15)41)12-34-39(26)28(30)31)38-14-33-20(11-25(38)40)19-10-17(29)5-6-18(19)23-13-42-37-36-23/h5-15,24,28H,2-4H2,1H3,(H,35,41)/t15-,24+/m1/s1. The Kier molecular flexibility index (Phi) is 7.60. The van der Waals surface area contributed by atoms with Crippen LogP contribution < -0.4 is 10.9 Å². The number of amides is 1. The van der Waals surface area contributed by atoms with Crippen LogP contribution in [0.2, 0.25) is 5.02 Å². The number of nitrogens with zero attached hydrogens (tertiary/aromatic N) is 7. The highest BCUT2D eigenvalue weighted by Crippen LogP contribution is 2.36. The second-order valence-corrected chi connectivity index (χ2v) is 11.0. The van der Waals surface area contributed by atoms with E-state index < -0.39 is 18.5 Å². The maximum atomic E-state index is 13.9. The summed E-state index contributed by atoms with van der Waals surface area (Å²) in [5.41, 5.74) is 3.18. The van der Waals surface area contributed by atoms with Crippen molar-refractivity contribution >= 4 is 34.7 Å². The lowest BCUT2D eigenvalue weighted by Gasteiger charge is -2.22. The SMILES string of the molecule is C[C@@H]1CCC[C@H](n2cnc(-c3cc(Cl)ccc3-c3csnn3)cc2=O)c2cc(ccn2)-c2c(cnn2C(F)F)NC1=O. The molecule has 1 amide bonds. The summed E-state index contributed by atoms with van der Waals surface area (Å²) in [6, 6.07) is 9.33. The number of hydrogen-bond donors (Lipinski definition) is 1. The highest BCUT2D eigenvalue weighted by atomic mass is 35.5. The molecule has 2 bridgehead atoms. The molecule has 4 aromatic heterocycles. The summed E-state index contributed by atoms with van der Waals surface area (Å²) in [4.78, 5) is 35.7. The van der Waals surface area contributed by atoms with E-state index in [1.165, 1.54) is 40.9 Å². The molecule has 0 saturated carbocycles. The van der Waals surface area contributed by atoms with Crippen LogP contribution in [0.5, 0.6) is 0 Å². The summed E-state index contributed by atoms with van der Waals surface area (Å²) in [5.74, 6) is -0.704. The molecule has 14 heteroatoms.